The van der Waals surface area contributed by atoms with Gasteiger partial charge in [-0.1, -0.05) is 6.07 Å². The zero-order valence-corrected chi connectivity index (χ0v) is 20.3. The minimum Gasteiger partial charge on any atom is -0.507 e. The summed E-state index contributed by atoms with van der Waals surface area (Å²) in [6, 6.07) is 10.2. The molecule has 190 valence electrons. The maximum Gasteiger partial charge on any atom is 0.223 e. The molecule has 4 rings (SSSR count). The normalized spacial score (nSPS) is 15.6. The Labute approximate surface area is 209 Å². The van der Waals surface area contributed by atoms with Gasteiger partial charge in [-0.2, -0.15) is 4.98 Å². The molecule has 4 N–H and O–H groups in total. The van der Waals surface area contributed by atoms with E-state index in [9.17, 15) is 19.4 Å². The lowest BCUT2D eigenvalue weighted by Gasteiger charge is -2.35. The van der Waals surface area contributed by atoms with Crippen LogP contribution in [0.2, 0.25) is 0 Å². The van der Waals surface area contributed by atoms with Crippen molar-refractivity contribution in [2.75, 3.05) is 45.1 Å². The number of piperazine rings is 1. The SMILES string of the molecule is Cc1ccc(C(=O)c2ccc(O)c(-c3cc(OCCN4CCN(C(C)O)CC4)nc(N)n3)c2)c(F)c1. The highest BCUT2D eigenvalue weighted by molar-refractivity contribution is 6.10. The van der Waals surface area contributed by atoms with Crippen LogP contribution in [0.4, 0.5) is 10.3 Å². The predicted octanol–water partition coefficient (Wildman–Crippen LogP) is 2.44. The molecule has 36 heavy (non-hydrogen) atoms. The second-order valence-electron chi connectivity index (χ2n) is 8.85. The Hall–Kier alpha value is -3.60. The molecule has 1 saturated heterocycles. The molecule has 1 fully saturated rings. The summed E-state index contributed by atoms with van der Waals surface area (Å²) < 4.78 is 20.2. The zero-order chi connectivity index (χ0) is 25.8. The van der Waals surface area contributed by atoms with Gasteiger partial charge < -0.3 is 20.7 Å². The van der Waals surface area contributed by atoms with Crippen molar-refractivity contribution in [2.45, 2.75) is 20.1 Å². The first-order valence-corrected chi connectivity index (χ1v) is 11.8. The van der Waals surface area contributed by atoms with E-state index >= 15 is 0 Å². The van der Waals surface area contributed by atoms with E-state index in [4.69, 9.17) is 10.5 Å². The molecule has 9 nitrogen and oxygen atoms in total. The predicted molar refractivity (Wildman–Crippen MR) is 133 cm³/mol. The fraction of sp³-hybridized carbons (Fsp3) is 0.346. The number of aromatic hydroxyl groups is 1. The van der Waals surface area contributed by atoms with Gasteiger partial charge in [0.25, 0.3) is 0 Å². The van der Waals surface area contributed by atoms with Gasteiger partial charge in [0.15, 0.2) is 5.78 Å². The fourth-order valence-electron chi connectivity index (χ4n) is 4.14. The number of carbonyl (C=O) groups is 1. The molecule has 1 aliphatic rings. The van der Waals surface area contributed by atoms with Gasteiger partial charge in [-0.15, -0.1) is 0 Å². The molecule has 0 bridgehead atoms. The lowest BCUT2D eigenvalue weighted by molar-refractivity contribution is -0.0144. The standard InChI is InChI=1S/C26H30FN5O4/c1-16-3-5-19(21(27)13-16)25(35)18-4-6-23(34)20(14-18)22-15-24(30-26(28)29-22)36-12-11-31-7-9-32(10-8-31)17(2)33/h3-6,13-15,17,33-34H,7-12H2,1-2H3,(H2,28,29,30). The molecule has 0 spiro atoms. The summed E-state index contributed by atoms with van der Waals surface area (Å²) in [7, 11) is 0. The number of ketones is 1. The molecule has 0 aliphatic carbocycles. The number of aryl methyl sites for hydroxylation is 1. The minimum absolute atomic E-state index is 0.0474. The second kappa shape index (κ2) is 11.0. The number of rotatable bonds is 8. The number of ether oxygens (including phenoxy) is 1. The molecule has 0 saturated carbocycles. The van der Waals surface area contributed by atoms with Crippen LogP contribution in [-0.2, 0) is 0 Å². The molecular weight excluding hydrogens is 465 g/mol. The number of aliphatic hydroxyl groups is 1. The Kier molecular flexibility index (Phi) is 7.78. The van der Waals surface area contributed by atoms with Gasteiger partial charge in [0.05, 0.1) is 11.3 Å². The lowest BCUT2D eigenvalue weighted by Crippen LogP contribution is -2.50. The molecule has 1 aliphatic heterocycles. The average Bonchev–Trinajstić information content (AvgIpc) is 2.84. The van der Waals surface area contributed by atoms with Crippen LogP contribution in [0, 0.1) is 12.7 Å². The first kappa shape index (κ1) is 25.5. The van der Waals surface area contributed by atoms with Gasteiger partial charge in [-0.05, 0) is 49.7 Å². The van der Waals surface area contributed by atoms with Gasteiger partial charge in [0.1, 0.15) is 24.4 Å². The van der Waals surface area contributed by atoms with E-state index in [-0.39, 0.29) is 40.0 Å². The van der Waals surface area contributed by atoms with Crippen LogP contribution in [0.25, 0.3) is 11.3 Å². The smallest absolute Gasteiger partial charge is 0.223 e. The first-order chi connectivity index (χ1) is 17.2. The molecule has 1 unspecified atom stereocenters. The van der Waals surface area contributed by atoms with Crippen LogP contribution in [0.5, 0.6) is 11.6 Å². The number of aliphatic hydroxyl groups excluding tert-OH is 1. The number of hydrogen-bond donors (Lipinski definition) is 3. The van der Waals surface area contributed by atoms with Crippen molar-refractivity contribution in [2.24, 2.45) is 0 Å². The van der Waals surface area contributed by atoms with E-state index in [1.807, 2.05) is 4.90 Å². The third-order valence-corrected chi connectivity index (χ3v) is 6.22. The van der Waals surface area contributed by atoms with E-state index in [2.05, 4.69) is 14.9 Å². The monoisotopic (exact) mass is 495 g/mol. The van der Waals surface area contributed by atoms with Crippen molar-refractivity contribution < 1.29 is 24.1 Å². The number of phenols is 1. The lowest BCUT2D eigenvalue weighted by atomic mass is 9.98. The number of benzene rings is 2. The van der Waals surface area contributed by atoms with Crippen molar-refractivity contribution in [1.29, 1.82) is 0 Å². The summed E-state index contributed by atoms with van der Waals surface area (Å²) in [5, 5.41) is 20.1. The number of nitrogen functional groups attached to an aromatic ring is 1. The first-order valence-electron chi connectivity index (χ1n) is 11.8. The summed E-state index contributed by atoms with van der Waals surface area (Å²) in [5.41, 5.74) is 7.26. The number of nitrogens with zero attached hydrogens (tertiary/aromatic N) is 4. The van der Waals surface area contributed by atoms with Crippen molar-refractivity contribution in [3.05, 3.63) is 65.0 Å². The Morgan fingerprint density at radius 3 is 2.58 bits per heavy atom. The Morgan fingerprint density at radius 2 is 1.89 bits per heavy atom. The topological polar surface area (TPSA) is 125 Å². The molecule has 2 aromatic carbocycles. The number of nitrogens with two attached hydrogens (primary N) is 1. The zero-order valence-electron chi connectivity index (χ0n) is 20.3. The molecule has 0 amide bonds. The molecule has 2 heterocycles. The molecule has 10 heteroatoms. The van der Waals surface area contributed by atoms with Crippen molar-refractivity contribution in [3.8, 4) is 22.9 Å². The van der Waals surface area contributed by atoms with Crippen LogP contribution in [0.3, 0.4) is 0 Å². The third-order valence-electron chi connectivity index (χ3n) is 6.22. The van der Waals surface area contributed by atoms with Gasteiger partial charge in [-0.3, -0.25) is 14.6 Å². The molecular formula is C26H30FN5O4. The van der Waals surface area contributed by atoms with Crippen LogP contribution in [0.15, 0.2) is 42.5 Å². The van der Waals surface area contributed by atoms with Gasteiger partial charge in [0.2, 0.25) is 11.8 Å². The van der Waals surface area contributed by atoms with E-state index in [0.29, 0.717) is 18.7 Å². The Bertz CT molecular complexity index is 1240. The van der Waals surface area contributed by atoms with Crippen LogP contribution < -0.4 is 10.5 Å². The molecule has 1 atom stereocenters. The van der Waals surface area contributed by atoms with E-state index in [1.54, 1.807) is 19.9 Å². The van der Waals surface area contributed by atoms with Crippen molar-refractivity contribution >= 4 is 11.7 Å². The highest BCUT2D eigenvalue weighted by Crippen LogP contribution is 2.32. The van der Waals surface area contributed by atoms with Gasteiger partial charge in [0, 0.05) is 49.9 Å². The summed E-state index contributed by atoms with van der Waals surface area (Å²) in [6.07, 6.45) is -0.452. The number of phenolic OH excluding ortho intramolecular Hbond substituents is 1. The fourth-order valence-corrected chi connectivity index (χ4v) is 4.14. The van der Waals surface area contributed by atoms with Crippen LogP contribution >= 0.6 is 0 Å². The number of halogens is 1. The largest absolute Gasteiger partial charge is 0.507 e. The highest BCUT2D eigenvalue weighted by atomic mass is 19.1. The highest BCUT2D eigenvalue weighted by Gasteiger charge is 2.20. The third kappa shape index (κ3) is 5.96. The molecule has 0 radical (unpaired) electrons. The minimum atomic E-state index is -0.608. The number of carbonyl (C=O) groups excluding carboxylic acids is 1. The van der Waals surface area contributed by atoms with E-state index < -0.39 is 17.8 Å². The van der Waals surface area contributed by atoms with Gasteiger partial charge in [-0.25, -0.2) is 9.37 Å². The number of anilines is 1. The quantitative estimate of drug-likeness (QED) is 0.404. The Balaban J connectivity index is 1.48. The number of aromatic nitrogens is 2. The Morgan fingerprint density at radius 1 is 1.14 bits per heavy atom. The maximum atomic E-state index is 14.4. The molecule has 3 aromatic rings. The van der Waals surface area contributed by atoms with Crippen molar-refractivity contribution in [3.63, 3.8) is 0 Å². The maximum absolute atomic E-state index is 14.4. The molecule has 1 aromatic heterocycles. The summed E-state index contributed by atoms with van der Waals surface area (Å²) in [4.78, 5) is 25.5. The summed E-state index contributed by atoms with van der Waals surface area (Å²) in [6.45, 7) is 7.74. The van der Waals surface area contributed by atoms with Crippen LogP contribution in [0.1, 0.15) is 28.4 Å². The second-order valence-corrected chi connectivity index (χ2v) is 8.85. The van der Waals surface area contributed by atoms with Crippen molar-refractivity contribution in [1.82, 2.24) is 19.8 Å². The summed E-state index contributed by atoms with van der Waals surface area (Å²) >= 11 is 0. The van der Waals surface area contributed by atoms with Gasteiger partial charge >= 0.3 is 0 Å². The number of hydrogen-bond acceptors (Lipinski definition) is 9. The van der Waals surface area contributed by atoms with Crippen LogP contribution in [-0.4, -0.2) is 81.3 Å². The average molecular weight is 496 g/mol. The summed E-state index contributed by atoms with van der Waals surface area (Å²) in [5.74, 6) is -1.04. The van der Waals surface area contributed by atoms with E-state index in [1.165, 1.54) is 36.4 Å². The van der Waals surface area contributed by atoms with E-state index in [0.717, 1.165) is 26.2 Å².